The lowest BCUT2D eigenvalue weighted by atomic mass is 9.78. The van der Waals surface area contributed by atoms with Gasteiger partial charge < -0.3 is 23.7 Å². The summed E-state index contributed by atoms with van der Waals surface area (Å²) >= 11 is 0. The summed E-state index contributed by atoms with van der Waals surface area (Å²) in [5.41, 5.74) is -0.186. The Morgan fingerprint density at radius 1 is 1.07 bits per heavy atom. The molecule has 7 nitrogen and oxygen atoms in total. The lowest BCUT2D eigenvalue weighted by Gasteiger charge is -2.46. The van der Waals surface area contributed by atoms with Gasteiger partial charge in [-0.25, -0.2) is 0 Å². The van der Waals surface area contributed by atoms with Crippen molar-refractivity contribution in [1.29, 1.82) is 0 Å². The molecule has 0 aromatic carbocycles. The molecule has 2 amide bonds. The minimum Gasteiger partial charge on any atom is -0.459 e. The van der Waals surface area contributed by atoms with E-state index in [-0.39, 0.29) is 17.4 Å². The fraction of sp³-hybridized carbons (Fsp3) is 0.700. The van der Waals surface area contributed by atoms with Crippen molar-refractivity contribution in [3.63, 3.8) is 0 Å². The molecule has 3 saturated heterocycles. The molecule has 4 heterocycles. The topological polar surface area (TPSA) is 72.2 Å². The largest absolute Gasteiger partial charge is 0.459 e. The van der Waals surface area contributed by atoms with E-state index in [1.807, 2.05) is 9.80 Å². The fourth-order valence-electron chi connectivity index (χ4n) is 4.51. The zero-order valence-electron chi connectivity index (χ0n) is 15.7. The maximum absolute atomic E-state index is 12.6. The zero-order valence-corrected chi connectivity index (χ0v) is 15.7. The van der Waals surface area contributed by atoms with E-state index in [0.29, 0.717) is 64.1 Å². The van der Waals surface area contributed by atoms with Gasteiger partial charge in [0.1, 0.15) is 0 Å². The number of ether oxygens (including phenoxy) is 2. The van der Waals surface area contributed by atoms with Gasteiger partial charge in [-0.3, -0.25) is 9.59 Å². The second-order valence-electron chi connectivity index (χ2n) is 7.86. The third-order valence-electron chi connectivity index (χ3n) is 6.12. The summed E-state index contributed by atoms with van der Waals surface area (Å²) < 4.78 is 16.7. The van der Waals surface area contributed by atoms with Crippen LogP contribution in [0.25, 0.3) is 0 Å². The molecule has 0 aliphatic carbocycles. The van der Waals surface area contributed by atoms with Gasteiger partial charge in [0, 0.05) is 39.2 Å². The average molecular weight is 376 g/mol. The van der Waals surface area contributed by atoms with Crippen molar-refractivity contribution in [1.82, 2.24) is 9.80 Å². The fourth-order valence-corrected chi connectivity index (χ4v) is 4.51. The molecule has 1 unspecified atom stereocenters. The van der Waals surface area contributed by atoms with Crippen molar-refractivity contribution >= 4 is 11.8 Å². The highest BCUT2D eigenvalue weighted by Gasteiger charge is 2.42. The summed E-state index contributed by atoms with van der Waals surface area (Å²) in [4.78, 5) is 28.8. The van der Waals surface area contributed by atoms with Crippen LogP contribution in [0.1, 0.15) is 42.7 Å². The average Bonchev–Trinajstić information content (AvgIpc) is 3.24. The van der Waals surface area contributed by atoms with Gasteiger partial charge in [-0.05, 0) is 43.7 Å². The molecule has 1 aromatic rings. The molecular formula is C20H28N2O5. The Morgan fingerprint density at radius 2 is 1.85 bits per heavy atom. The molecule has 4 rings (SSSR count). The molecule has 1 atom stereocenters. The minimum atomic E-state index is -0.186. The van der Waals surface area contributed by atoms with Crippen molar-refractivity contribution in [3.8, 4) is 0 Å². The van der Waals surface area contributed by atoms with Gasteiger partial charge in [0.25, 0.3) is 5.91 Å². The summed E-state index contributed by atoms with van der Waals surface area (Å²) in [7, 11) is 0. The van der Waals surface area contributed by atoms with Crippen LogP contribution < -0.4 is 0 Å². The monoisotopic (exact) mass is 376 g/mol. The Balaban J connectivity index is 1.30. The first-order chi connectivity index (χ1) is 13.2. The Bertz CT molecular complexity index is 645. The Labute approximate surface area is 159 Å². The molecule has 3 aliphatic heterocycles. The summed E-state index contributed by atoms with van der Waals surface area (Å²) in [6.45, 7) is 4.74. The van der Waals surface area contributed by atoms with E-state index in [9.17, 15) is 9.59 Å². The summed E-state index contributed by atoms with van der Waals surface area (Å²) in [6, 6.07) is 3.44. The molecule has 0 bridgehead atoms. The molecule has 0 N–H and O–H groups in total. The molecule has 0 radical (unpaired) electrons. The first kappa shape index (κ1) is 18.5. The van der Waals surface area contributed by atoms with Crippen molar-refractivity contribution in [2.24, 2.45) is 5.92 Å². The van der Waals surface area contributed by atoms with E-state index in [4.69, 9.17) is 13.9 Å². The van der Waals surface area contributed by atoms with E-state index >= 15 is 0 Å². The molecule has 0 saturated carbocycles. The van der Waals surface area contributed by atoms with Crippen molar-refractivity contribution in [3.05, 3.63) is 24.2 Å². The van der Waals surface area contributed by atoms with E-state index < -0.39 is 0 Å². The predicted octanol–water partition coefficient (Wildman–Crippen LogP) is 1.93. The quantitative estimate of drug-likeness (QED) is 0.806. The third kappa shape index (κ3) is 4.19. The minimum absolute atomic E-state index is 0.0512. The number of carbonyl (C=O) groups is 2. The van der Waals surface area contributed by atoms with Crippen molar-refractivity contribution in [2.45, 2.75) is 37.7 Å². The smallest absolute Gasteiger partial charge is 0.289 e. The molecule has 27 heavy (non-hydrogen) atoms. The van der Waals surface area contributed by atoms with E-state index in [2.05, 4.69) is 0 Å². The maximum Gasteiger partial charge on any atom is 0.289 e. The van der Waals surface area contributed by atoms with Crippen LogP contribution in [-0.4, -0.2) is 73.2 Å². The van der Waals surface area contributed by atoms with Gasteiger partial charge in [-0.2, -0.15) is 0 Å². The number of carbonyl (C=O) groups excluding carboxylic acids is 2. The highest BCUT2D eigenvalue weighted by molar-refractivity contribution is 5.91. The van der Waals surface area contributed by atoms with Crippen molar-refractivity contribution < 1.29 is 23.5 Å². The van der Waals surface area contributed by atoms with E-state index in [1.165, 1.54) is 6.26 Å². The predicted molar refractivity (Wildman–Crippen MR) is 97.3 cm³/mol. The van der Waals surface area contributed by atoms with Crippen LogP contribution in [0.3, 0.4) is 0 Å². The second kappa shape index (κ2) is 8.02. The zero-order chi connectivity index (χ0) is 18.7. The molecule has 3 aliphatic rings. The van der Waals surface area contributed by atoms with E-state index in [0.717, 1.165) is 25.7 Å². The summed E-state index contributed by atoms with van der Waals surface area (Å²) in [6.07, 6.45) is 5.61. The van der Waals surface area contributed by atoms with Crippen LogP contribution >= 0.6 is 0 Å². The SMILES string of the molecule is O=C(CC1CCOC2(CCN(C(=O)c3ccco3)CC2)C1)N1CCOCC1. The number of hydrogen-bond acceptors (Lipinski definition) is 5. The Morgan fingerprint density at radius 3 is 2.56 bits per heavy atom. The number of nitrogens with zero attached hydrogens (tertiary/aromatic N) is 2. The van der Waals surface area contributed by atoms with E-state index in [1.54, 1.807) is 12.1 Å². The van der Waals surface area contributed by atoms with Gasteiger partial charge in [0.05, 0.1) is 25.1 Å². The Kier molecular flexibility index (Phi) is 5.50. The van der Waals surface area contributed by atoms with Gasteiger partial charge in [-0.1, -0.05) is 0 Å². The second-order valence-corrected chi connectivity index (χ2v) is 7.86. The van der Waals surface area contributed by atoms with Crippen molar-refractivity contribution in [2.75, 3.05) is 46.0 Å². The number of rotatable bonds is 3. The first-order valence-corrected chi connectivity index (χ1v) is 9.97. The summed E-state index contributed by atoms with van der Waals surface area (Å²) in [5, 5.41) is 0. The van der Waals surface area contributed by atoms with Crippen LogP contribution in [0.15, 0.2) is 22.8 Å². The molecule has 1 spiro atoms. The number of piperidine rings is 1. The molecule has 7 heteroatoms. The number of likely N-dealkylation sites (tertiary alicyclic amines) is 1. The number of morpholine rings is 1. The number of hydrogen-bond donors (Lipinski definition) is 0. The van der Waals surface area contributed by atoms with Crippen LogP contribution in [0.5, 0.6) is 0 Å². The normalized spacial score (nSPS) is 25.6. The lowest BCUT2D eigenvalue weighted by molar-refractivity contribution is -0.143. The van der Waals surface area contributed by atoms with Gasteiger partial charge in [-0.15, -0.1) is 0 Å². The van der Waals surface area contributed by atoms with Crippen LogP contribution in [-0.2, 0) is 14.3 Å². The number of amides is 2. The van der Waals surface area contributed by atoms with Crippen LogP contribution in [0.4, 0.5) is 0 Å². The summed E-state index contributed by atoms with van der Waals surface area (Å²) in [5.74, 6) is 0.946. The van der Waals surface area contributed by atoms with Gasteiger partial charge >= 0.3 is 0 Å². The molecular weight excluding hydrogens is 348 g/mol. The number of furan rings is 1. The molecule has 148 valence electrons. The van der Waals surface area contributed by atoms with Crippen LogP contribution in [0.2, 0.25) is 0 Å². The maximum atomic E-state index is 12.6. The highest BCUT2D eigenvalue weighted by atomic mass is 16.5. The standard InChI is InChI=1S/C20H28N2O5/c23-18(21-8-12-25-13-9-21)14-16-3-11-27-20(15-16)4-6-22(7-5-20)19(24)17-2-1-10-26-17/h1-2,10,16H,3-9,11-15H2. The van der Waals surface area contributed by atoms with Gasteiger partial charge in [0.15, 0.2) is 5.76 Å². The molecule has 3 fully saturated rings. The molecule has 1 aromatic heterocycles. The first-order valence-electron chi connectivity index (χ1n) is 9.97. The Hall–Kier alpha value is -1.86. The van der Waals surface area contributed by atoms with Gasteiger partial charge in [0.2, 0.25) is 5.91 Å². The third-order valence-corrected chi connectivity index (χ3v) is 6.12. The lowest BCUT2D eigenvalue weighted by Crippen LogP contribution is -2.51. The van der Waals surface area contributed by atoms with Crippen LogP contribution in [0, 0.1) is 5.92 Å². The highest BCUT2D eigenvalue weighted by Crippen LogP contribution is 2.39.